The summed E-state index contributed by atoms with van der Waals surface area (Å²) in [5.74, 6) is -12.7. The summed E-state index contributed by atoms with van der Waals surface area (Å²) in [5, 5.41) is 12.6. The van der Waals surface area contributed by atoms with Gasteiger partial charge in [0.15, 0.2) is 17.5 Å². The van der Waals surface area contributed by atoms with Gasteiger partial charge in [-0.2, -0.15) is 0 Å². The van der Waals surface area contributed by atoms with E-state index in [9.17, 15) is 18.7 Å². The number of carbonyl (C=O) groups is 1. The number of anilines is 1. The third-order valence-electron chi connectivity index (χ3n) is 4.84. The molecular formula is C20H19F2N5O2. The van der Waals surface area contributed by atoms with Crippen molar-refractivity contribution in [2.45, 2.75) is 31.6 Å². The highest BCUT2D eigenvalue weighted by Gasteiger charge is 2.47. The summed E-state index contributed by atoms with van der Waals surface area (Å²) in [6.07, 6.45) is -7.71. The maximum atomic E-state index is 14.9. The smallest absolute Gasteiger partial charge is 0.308 e. The van der Waals surface area contributed by atoms with Gasteiger partial charge in [-0.25, -0.2) is 23.7 Å². The average Bonchev–Trinajstić information content (AvgIpc) is 3.24. The fraction of sp³-hybridized carbons (Fsp3) is 0.400. The molecule has 3 fully saturated rings. The average molecular weight is 407 g/mol. The number of fused-ring (bicyclic) bond motifs is 4. The lowest BCUT2D eigenvalue weighted by atomic mass is 9.61. The van der Waals surface area contributed by atoms with Crippen LogP contribution in [-0.4, -0.2) is 37.1 Å². The SMILES string of the molecule is [2H]C1C([2H])C2([2H])[C@H](C(=O)O)[C@@H](Nc3nc(-c4c[nH]c5ncc(F)cc45)ncc3F)C1([2H])C([2H])([2H])C2([2H])[2H]. The van der Waals surface area contributed by atoms with Crippen molar-refractivity contribution in [3.63, 3.8) is 0 Å². The minimum atomic E-state index is -3.32. The van der Waals surface area contributed by atoms with Crippen molar-refractivity contribution >= 4 is 22.8 Å². The number of halogens is 2. The second-order valence-corrected chi connectivity index (χ2v) is 6.57. The molecule has 29 heavy (non-hydrogen) atoms. The highest BCUT2D eigenvalue weighted by Crippen LogP contribution is 2.46. The molecule has 0 aliphatic heterocycles. The van der Waals surface area contributed by atoms with E-state index in [4.69, 9.17) is 11.0 Å². The van der Waals surface area contributed by atoms with E-state index in [0.29, 0.717) is 6.20 Å². The van der Waals surface area contributed by atoms with Crippen LogP contribution in [0.25, 0.3) is 22.4 Å². The lowest BCUT2D eigenvalue weighted by molar-refractivity contribution is -0.148. The first-order valence-corrected chi connectivity index (χ1v) is 8.60. The Morgan fingerprint density at radius 3 is 2.90 bits per heavy atom. The molecule has 0 aromatic carbocycles. The van der Waals surface area contributed by atoms with E-state index in [2.05, 4.69) is 25.3 Å². The molecule has 7 nitrogen and oxygen atoms in total. The Morgan fingerprint density at radius 2 is 2.07 bits per heavy atom. The molecule has 6 atom stereocenters. The molecular weight excluding hydrogens is 380 g/mol. The van der Waals surface area contributed by atoms with E-state index >= 15 is 0 Å². The van der Waals surface area contributed by atoms with Crippen LogP contribution in [0.3, 0.4) is 0 Å². The van der Waals surface area contributed by atoms with Crippen LogP contribution in [0.4, 0.5) is 14.6 Å². The normalized spacial score (nSPS) is 43.7. The second kappa shape index (κ2) is 6.75. The van der Waals surface area contributed by atoms with Crippen molar-refractivity contribution in [3.05, 3.63) is 36.3 Å². The van der Waals surface area contributed by atoms with Crippen LogP contribution in [0, 0.1) is 29.3 Å². The maximum Gasteiger partial charge on any atom is 0.308 e. The number of pyridine rings is 1. The molecule has 4 unspecified atom stereocenters. The van der Waals surface area contributed by atoms with Gasteiger partial charge < -0.3 is 15.4 Å². The van der Waals surface area contributed by atoms with Crippen LogP contribution >= 0.6 is 0 Å². The van der Waals surface area contributed by atoms with Crippen LogP contribution in [0.2, 0.25) is 0 Å². The molecule has 3 aromatic rings. The second-order valence-electron chi connectivity index (χ2n) is 6.57. The van der Waals surface area contributed by atoms with Gasteiger partial charge in [0.05, 0.1) is 18.3 Å². The molecule has 3 heterocycles. The number of rotatable bonds is 4. The Hall–Kier alpha value is -3.10. The highest BCUT2D eigenvalue weighted by atomic mass is 19.1. The zero-order chi connectivity index (χ0) is 27.3. The summed E-state index contributed by atoms with van der Waals surface area (Å²) in [6.45, 7) is 0. The number of aromatic nitrogens is 4. The number of H-pyrrole nitrogens is 1. The third-order valence-corrected chi connectivity index (χ3v) is 4.84. The largest absolute Gasteiger partial charge is 0.481 e. The number of aromatic amines is 1. The van der Waals surface area contributed by atoms with Crippen molar-refractivity contribution in [1.29, 1.82) is 0 Å². The molecule has 3 saturated carbocycles. The van der Waals surface area contributed by atoms with Gasteiger partial charge in [0.25, 0.3) is 0 Å². The van der Waals surface area contributed by atoms with E-state index in [1.54, 1.807) is 0 Å². The van der Waals surface area contributed by atoms with Crippen molar-refractivity contribution < 1.29 is 29.6 Å². The minimum Gasteiger partial charge on any atom is -0.481 e. The van der Waals surface area contributed by atoms with E-state index in [1.807, 2.05) is 0 Å². The van der Waals surface area contributed by atoms with Gasteiger partial charge in [-0.1, -0.05) is 0 Å². The first kappa shape index (κ1) is 11.2. The number of hydrogen-bond acceptors (Lipinski definition) is 5. The molecule has 0 spiro atoms. The molecule has 6 rings (SSSR count). The molecule has 3 N–H and O–H groups in total. The number of hydrogen-bond donors (Lipinski definition) is 3. The highest BCUT2D eigenvalue weighted by molar-refractivity contribution is 5.91. The van der Waals surface area contributed by atoms with Gasteiger partial charge >= 0.3 is 5.97 Å². The first-order chi connectivity index (χ1) is 17.1. The van der Waals surface area contributed by atoms with Gasteiger partial charge in [-0.3, -0.25) is 4.79 Å². The fourth-order valence-electron chi connectivity index (χ4n) is 3.47. The van der Waals surface area contributed by atoms with Crippen molar-refractivity contribution in [3.8, 4) is 11.4 Å². The van der Waals surface area contributed by atoms with Crippen LogP contribution < -0.4 is 5.32 Å². The fourth-order valence-corrected chi connectivity index (χ4v) is 3.47. The van der Waals surface area contributed by atoms with Gasteiger partial charge in [-0.15, -0.1) is 0 Å². The predicted molar refractivity (Wildman–Crippen MR) is 101 cm³/mol. The van der Waals surface area contributed by atoms with E-state index in [-0.39, 0.29) is 22.4 Å². The number of carboxylic acid groups (broad SMARTS) is 1. The van der Waals surface area contributed by atoms with Gasteiger partial charge in [-0.05, 0) is 43.4 Å². The van der Waals surface area contributed by atoms with Crippen LogP contribution in [0.1, 0.15) is 36.5 Å². The lowest BCUT2D eigenvalue weighted by Gasteiger charge is -2.47. The van der Waals surface area contributed by atoms with Crippen LogP contribution in [-0.2, 0) is 4.79 Å². The molecule has 3 aliphatic rings. The molecule has 9 heteroatoms. The quantitative estimate of drug-likeness (QED) is 0.611. The molecule has 0 radical (unpaired) electrons. The molecule has 150 valence electrons. The molecule has 0 saturated heterocycles. The summed E-state index contributed by atoms with van der Waals surface area (Å²) in [6, 6.07) is -0.905. The minimum absolute atomic E-state index is 0.172. The van der Waals surface area contributed by atoms with Gasteiger partial charge in [0.1, 0.15) is 11.5 Å². The van der Waals surface area contributed by atoms with Crippen molar-refractivity contribution in [1.82, 2.24) is 19.9 Å². The Balaban J connectivity index is 1.66. The number of nitrogens with zero attached hydrogens (tertiary/aromatic N) is 3. The van der Waals surface area contributed by atoms with Crippen LogP contribution in [0.5, 0.6) is 0 Å². The van der Waals surface area contributed by atoms with Gasteiger partial charge in [0.2, 0.25) is 0 Å². The zero-order valence-corrected chi connectivity index (χ0v) is 14.6. The Kier molecular flexibility index (Phi) is 2.60. The topological polar surface area (TPSA) is 104 Å². The third kappa shape index (κ3) is 3.01. The zero-order valence-electron chi connectivity index (χ0n) is 22.6. The lowest BCUT2D eigenvalue weighted by Crippen LogP contribution is -2.51. The van der Waals surface area contributed by atoms with E-state index in [1.165, 1.54) is 6.20 Å². The molecule has 0 amide bonds. The number of carboxylic acids is 1. The Bertz CT molecular complexity index is 1440. The van der Waals surface area contributed by atoms with Crippen molar-refractivity contribution in [2.24, 2.45) is 17.7 Å². The molecule has 2 bridgehead atoms. The first-order valence-electron chi connectivity index (χ1n) is 12.8. The summed E-state index contributed by atoms with van der Waals surface area (Å²) in [7, 11) is 0. The monoisotopic (exact) mass is 407 g/mol. The van der Waals surface area contributed by atoms with Gasteiger partial charge in [0, 0.05) is 34.2 Å². The van der Waals surface area contributed by atoms with E-state index in [0.717, 1.165) is 12.3 Å². The van der Waals surface area contributed by atoms with E-state index < -0.39 is 72.7 Å². The Labute approximate surface area is 175 Å². The summed E-state index contributed by atoms with van der Waals surface area (Å²) in [5.41, 5.74) is 0.461. The molecule has 3 aromatic heterocycles. The number of nitrogens with one attached hydrogen (secondary N) is 2. The maximum absolute atomic E-state index is 14.9. The predicted octanol–water partition coefficient (Wildman–Crippen LogP) is 3.60. The number of aliphatic carboxylic acids is 1. The summed E-state index contributed by atoms with van der Waals surface area (Å²) < 4.78 is 96.1. The molecule has 3 aliphatic carbocycles. The summed E-state index contributed by atoms with van der Waals surface area (Å²) >= 11 is 0. The Morgan fingerprint density at radius 1 is 1.28 bits per heavy atom. The van der Waals surface area contributed by atoms with Crippen LogP contribution in [0.15, 0.2) is 24.7 Å². The van der Waals surface area contributed by atoms with Crippen molar-refractivity contribution in [2.75, 3.05) is 5.32 Å². The standard InChI is InChI=1S/C20H19F2N5O2/c21-11-5-12-13(7-24-17(12)23-6-11)18-25-8-14(22)19(27-18)26-16-10-3-1-9(2-4-10)15(16)20(28)29/h5-10,15-16H,1-4H2,(H,23,24)(H,28,29)(H,25,26,27)/t9?,10?,15-,16-/m0/s1/i1D,2D2,3D,4D2,9D,10D/t1?,3?,9?,10?,15-,16-. The summed E-state index contributed by atoms with van der Waals surface area (Å²) in [4.78, 5) is 26.8.